The number of phenols is 1. The molecule has 3 aromatic heterocycles. The summed E-state index contributed by atoms with van der Waals surface area (Å²) in [6.07, 6.45) is 5.06. The monoisotopic (exact) mass is 465 g/mol. The number of nitrogens with one attached hydrogen (secondary N) is 1. The lowest BCUT2D eigenvalue weighted by Crippen LogP contribution is -2.29. The van der Waals surface area contributed by atoms with Crippen molar-refractivity contribution in [1.82, 2.24) is 29.9 Å². The maximum absolute atomic E-state index is 10.7. The van der Waals surface area contributed by atoms with E-state index in [1.807, 2.05) is 46.3 Å². The number of nitrogens with zero attached hydrogens (tertiary/aromatic N) is 6. The molecule has 10 heteroatoms. The van der Waals surface area contributed by atoms with Crippen LogP contribution in [0.3, 0.4) is 0 Å². The highest BCUT2D eigenvalue weighted by Crippen LogP contribution is 2.46. The summed E-state index contributed by atoms with van der Waals surface area (Å²) in [6, 6.07) is 12.3. The van der Waals surface area contributed by atoms with Gasteiger partial charge in [-0.25, -0.2) is 4.68 Å². The summed E-state index contributed by atoms with van der Waals surface area (Å²) < 4.78 is 3.86. The Morgan fingerprint density at radius 2 is 1.88 bits per heavy atom. The highest BCUT2D eigenvalue weighted by Gasteiger charge is 2.43. The zero-order valence-electron chi connectivity index (χ0n) is 17.3. The van der Waals surface area contributed by atoms with E-state index in [0.29, 0.717) is 15.8 Å². The number of aromatic nitrogens is 5. The van der Waals surface area contributed by atoms with E-state index in [-0.39, 0.29) is 17.8 Å². The molecule has 8 nitrogen and oxygen atoms in total. The number of hydrogen-bond donors (Lipinski definition) is 2. The number of aromatic hydroxyl groups is 1. The van der Waals surface area contributed by atoms with E-state index in [0.717, 1.165) is 22.6 Å². The average molecular weight is 466 g/mol. The third kappa shape index (κ3) is 3.30. The van der Waals surface area contributed by atoms with Gasteiger partial charge in [0.1, 0.15) is 18.4 Å². The number of pyridine rings is 1. The second kappa shape index (κ2) is 7.92. The van der Waals surface area contributed by atoms with Gasteiger partial charge >= 0.3 is 0 Å². The fourth-order valence-electron chi connectivity index (χ4n) is 4.35. The lowest BCUT2D eigenvalue weighted by molar-refractivity contribution is 0.472. The molecule has 0 amide bonds. The largest absolute Gasteiger partial charge is 0.506 e. The first-order valence-electron chi connectivity index (χ1n) is 9.99. The first-order valence-corrected chi connectivity index (χ1v) is 10.8. The molecule has 5 rings (SSSR count). The molecule has 162 valence electrons. The van der Waals surface area contributed by atoms with Crippen LogP contribution < -0.4 is 10.2 Å². The van der Waals surface area contributed by atoms with E-state index in [1.165, 1.54) is 0 Å². The van der Waals surface area contributed by atoms with Gasteiger partial charge in [-0.2, -0.15) is 0 Å². The summed E-state index contributed by atoms with van der Waals surface area (Å²) in [5, 5.41) is 23.0. The van der Waals surface area contributed by atoms with Crippen molar-refractivity contribution in [3.05, 3.63) is 89.0 Å². The van der Waals surface area contributed by atoms with Crippen LogP contribution in [0, 0.1) is 13.8 Å². The van der Waals surface area contributed by atoms with Crippen molar-refractivity contribution < 1.29 is 5.11 Å². The van der Waals surface area contributed by atoms with Crippen molar-refractivity contribution in [1.29, 1.82) is 0 Å². The smallest absolute Gasteiger partial charge is 0.174 e. The van der Waals surface area contributed by atoms with Gasteiger partial charge in [0.15, 0.2) is 5.11 Å². The van der Waals surface area contributed by atoms with E-state index >= 15 is 0 Å². The number of phenolic OH excluding ortho intramolecular Hbond substituents is 1. The van der Waals surface area contributed by atoms with Gasteiger partial charge in [0.2, 0.25) is 0 Å². The molecule has 1 aliphatic heterocycles. The maximum atomic E-state index is 10.7. The summed E-state index contributed by atoms with van der Waals surface area (Å²) in [5.41, 5.74) is 4.40. The van der Waals surface area contributed by atoms with Crippen molar-refractivity contribution in [2.45, 2.75) is 25.9 Å². The lowest BCUT2D eigenvalue weighted by Gasteiger charge is -2.28. The Balaban J connectivity index is 1.71. The van der Waals surface area contributed by atoms with E-state index in [4.69, 9.17) is 23.8 Å². The van der Waals surface area contributed by atoms with Crippen molar-refractivity contribution in [3.8, 4) is 5.75 Å². The third-order valence-corrected chi connectivity index (χ3v) is 6.23. The van der Waals surface area contributed by atoms with Crippen molar-refractivity contribution in [2.24, 2.45) is 0 Å². The summed E-state index contributed by atoms with van der Waals surface area (Å²) in [4.78, 5) is 6.49. The molecule has 0 spiro atoms. The predicted octanol–water partition coefficient (Wildman–Crippen LogP) is 3.94. The molecule has 0 bridgehead atoms. The Kier molecular flexibility index (Phi) is 5.07. The van der Waals surface area contributed by atoms with Crippen LogP contribution in [-0.2, 0) is 0 Å². The first kappa shape index (κ1) is 20.5. The number of thiocarbonyl (C=S) groups is 1. The molecule has 0 radical (unpaired) electrons. The van der Waals surface area contributed by atoms with Crippen LogP contribution in [0.4, 0.5) is 5.69 Å². The summed E-state index contributed by atoms with van der Waals surface area (Å²) in [6.45, 7) is 4.06. The Hall–Kier alpha value is -3.43. The number of halogens is 1. The highest BCUT2D eigenvalue weighted by atomic mass is 35.5. The first-order chi connectivity index (χ1) is 15.5. The molecule has 1 aliphatic rings. The molecule has 1 aromatic carbocycles. The normalized spacial score (nSPS) is 18.2. The molecular weight excluding hydrogens is 446 g/mol. The van der Waals surface area contributed by atoms with Gasteiger partial charge in [0, 0.05) is 28.2 Å². The zero-order chi connectivity index (χ0) is 22.4. The molecule has 0 unspecified atom stereocenters. The van der Waals surface area contributed by atoms with Gasteiger partial charge in [-0.15, -0.1) is 10.2 Å². The molecule has 2 N–H and O–H groups in total. The minimum absolute atomic E-state index is 0.0952. The van der Waals surface area contributed by atoms with Crippen molar-refractivity contribution in [2.75, 3.05) is 4.90 Å². The van der Waals surface area contributed by atoms with Crippen LogP contribution in [0.1, 0.15) is 34.7 Å². The molecule has 0 aliphatic carbocycles. The summed E-state index contributed by atoms with van der Waals surface area (Å²) in [5.74, 6) is 0.0952. The molecule has 1 saturated heterocycles. The Bertz CT molecular complexity index is 1290. The fraction of sp³-hybridized carbons (Fsp3) is 0.182. The van der Waals surface area contributed by atoms with E-state index in [1.54, 1.807) is 37.1 Å². The van der Waals surface area contributed by atoms with Crippen LogP contribution in [0.5, 0.6) is 5.75 Å². The van der Waals surface area contributed by atoms with E-state index in [9.17, 15) is 5.11 Å². The van der Waals surface area contributed by atoms with Crippen LogP contribution in [0.15, 0.2) is 61.3 Å². The topological polar surface area (TPSA) is 84.0 Å². The zero-order valence-corrected chi connectivity index (χ0v) is 18.9. The number of benzene rings is 1. The van der Waals surface area contributed by atoms with Crippen molar-refractivity contribution >= 4 is 34.6 Å². The Labute approximate surface area is 195 Å². The third-order valence-electron chi connectivity index (χ3n) is 5.69. The highest BCUT2D eigenvalue weighted by molar-refractivity contribution is 7.80. The number of hydrogen-bond acceptors (Lipinski definition) is 5. The Morgan fingerprint density at radius 1 is 1.09 bits per heavy atom. The SMILES string of the molecule is Cc1cc([C@H]2[C@H](c3ccccn3)NC(=S)N2c2cc(Cl)ccc2O)c(C)n1-n1cnnc1. The molecule has 4 heterocycles. The van der Waals surface area contributed by atoms with Gasteiger partial charge in [-0.3, -0.25) is 9.66 Å². The van der Waals surface area contributed by atoms with Gasteiger partial charge < -0.3 is 15.3 Å². The predicted molar refractivity (Wildman–Crippen MR) is 126 cm³/mol. The van der Waals surface area contributed by atoms with E-state index < -0.39 is 0 Å². The standard InChI is InChI=1S/C22H20ClN7OS/c1-13-9-16(14(2)30(13)28-11-25-26-12-28)21-20(17-5-3-4-8-24-17)27-22(32)29(21)18-10-15(23)6-7-19(18)31/h3-12,20-21,31H,1-2H3,(H,27,32)/t20-,21-/m0/s1. The minimum Gasteiger partial charge on any atom is -0.506 e. The fourth-order valence-corrected chi connectivity index (χ4v) is 4.86. The molecule has 1 fully saturated rings. The minimum atomic E-state index is -0.279. The molecule has 2 atom stereocenters. The van der Waals surface area contributed by atoms with E-state index in [2.05, 4.69) is 26.6 Å². The van der Waals surface area contributed by atoms with Gasteiger partial charge in [0.25, 0.3) is 0 Å². The number of anilines is 1. The van der Waals surface area contributed by atoms with Gasteiger partial charge in [-0.1, -0.05) is 17.7 Å². The second-order valence-electron chi connectivity index (χ2n) is 7.61. The van der Waals surface area contributed by atoms with Crippen LogP contribution >= 0.6 is 23.8 Å². The van der Waals surface area contributed by atoms with Gasteiger partial charge in [0.05, 0.1) is 23.5 Å². The summed E-state index contributed by atoms with van der Waals surface area (Å²) >= 11 is 12.0. The van der Waals surface area contributed by atoms with Crippen LogP contribution in [-0.4, -0.2) is 34.8 Å². The van der Waals surface area contributed by atoms with Crippen LogP contribution in [0.25, 0.3) is 0 Å². The number of aryl methyl sites for hydroxylation is 1. The maximum Gasteiger partial charge on any atom is 0.174 e. The quantitative estimate of drug-likeness (QED) is 0.441. The average Bonchev–Trinajstić information content (AvgIpc) is 3.48. The molecule has 32 heavy (non-hydrogen) atoms. The lowest BCUT2D eigenvalue weighted by atomic mass is 9.96. The summed E-state index contributed by atoms with van der Waals surface area (Å²) in [7, 11) is 0. The number of rotatable bonds is 4. The van der Waals surface area contributed by atoms with Crippen LogP contribution in [0.2, 0.25) is 5.02 Å². The second-order valence-corrected chi connectivity index (χ2v) is 8.43. The molecular formula is C22H20ClN7OS. The molecule has 0 saturated carbocycles. The molecule has 4 aromatic rings. The Morgan fingerprint density at radius 3 is 2.59 bits per heavy atom. The van der Waals surface area contributed by atoms with Gasteiger partial charge in [-0.05, 0) is 62.5 Å². The van der Waals surface area contributed by atoms with Crippen molar-refractivity contribution in [3.63, 3.8) is 0 Å².